The van der Waals surface area contributed by atoms with Crippen molar-refractivity contribution < 1.29 is 9.21 Å². The molecule has 0 saturated carbocycles. The van der Waals surface area contributed by atoms with E-state index in [4.69, 9.17) is 4.42 Å². The number of likely N-dealkylation sites (N-methyl/N-ethyl adjacent to an activating group) is 1. The van der Waals surface area contributed by atoms with Crippen LogP contribution < -0.4 is 5.32 Å². The van der Waals surface area contributed by atoms with Gasteiger partial charge in [-0.05, 0) is 37.4 Å². The molecule has 0 spiro atoms. The van der Waals surface area contributed by atoms with Crippen LogP contribution in [0.5, 0.6) is 0 Å². The molecule has 0 fully saturated rings. The first-order valence-corrected chi connectivity index (χ1v) is 10.5. The van der Waals surface area contributed by atoms with E-state index in [2.05, 4.69) is 34.1 Å². The Hall–Kier alpha value is -2.97. The lowest BCUT2D eigenvalue weighted by atomic mass is 10.3. The number of hydrogen-bond donors (Lipinski definition) is 1. The van der Waals surface area contributed by atoms with Crippen molar-refractivity contribution in [2.24, 2.45) is 0 Å². The van der Waals surface area contributed by atoms with Gasteiger partial charge in [-0.1, -0.05) is 26.0 Å². The molecule has 29 heavy (non-hydrogen) atoms. The number of rotatable bonds is 8. The lowest BCUT2D eigenvalue weighted by Gasteiger charge is -2.17. The van der Waals surface area contributed by atoms with E-state index in [0.29, 0.717) is 11.4 Å². The molecule has 0 aliphatic carbocycles. The standard InChI is InChI=1S/C21H23N5O2S/c1-3-25(4-2)11-12-26-14-15(13-22-26)23-20(27)17-9-10-18(28-17)21-24-16-7-5-6-8-19(16)29-21/h5-10,13-14H,3-4,11-12H2,1-2H3,(H,23,27). The maximum atomic E-state index is 12.5. The molecule has 0 aliphatic rings. The van der Waals surface area contributed by atoms with Crippen molar-refractivity contribution in [1.29, 1.82) is 0 Å². The Morgan fingerprint density at radius 3 is 2.83 bits per heavy atom. The third-order valence-corrected chi connectivity index (χ3v) is 5.82. The maximum Gasteiger partial charge on any atom is 0.291 e. The van der Waals surface area contributed by atoms with E-state index in [-0.39, 0.29) is 11.7 Å². The van der Waals surface area contributed by atoms with Gasteiger partial charge in [0.1, 0.15) is 0 Å². The van der Waals surface area contributed by atoms with Crippen LogP contribution in [0.25, 0.3) is 21.0 Å². The van der Waals surface area contributed by atoms with Crippen LogP contribution in [-0.4, -0.2) is 45.2 Å². The first-order valence-electron chi connectivity index (χ1n) is 9.68. The fourth-order valence-electron chi connectivity index (χ4n) is 3.08. The van der Waals surface area contributed by atoms with Gasteiger partial charge in [0, 0.05) is 12.7 Å². The zero-order valence-corrected chi connectivity index (χ0v) is 17.3. The first-order chi connectivity index (χ1) is 14.2. The summed E-state index contributed by atoms with van der Waals surface area (Å²) in [5.41, 5.74) is 1.57. The summed E-state index contributed by atoms with van der Waals surface area (Å²) in [7, 11) is 0. The smallest absolute Gasteiger partial charge is 0.291 e. The zero-order chi connectivity index (χ0) is 20.2. The number of anilines is 1. The number of thiazole rings is 1. The quantitative estimate of drug-likeness (QED) is 0.468. The molecule has 0 bridgehead atoms. The third kappa shape index (κ3) is 4.38. The Balaban J connectivity index is 1.40. The van der Waals surface area contributed by atoms with Crippen LogP contribution in [0.2, 0.25) is 0 Å². The van der Waals surface area contributed by atoms with Gasteiger partial charge < -0.3 is 14.6 Å². The Morgan fingerprint density at radius 1 is 1.21 bits per heavy atom. The molecule has 3 heterocycles. The van der Waals surface area contributed by atoms with Gasteiger partial charge in [-0.15, -0.1) is 11.3 Å². The van der Waals surface area contributed by atoms with Gasteiger partial charge in [-0.25, -0.2) is 4.98 Å². The molecule has 4 rings (SSSR count). The van der Waals surface area contributed by atoms with Crippen molar-refractivity contribution in [3.63, 3.8) is 0 Å². The maximum absolute atomic E-state index is 12.5. The third-order valence-electron chi connectivity index (χ3n) is 4.77. The van der Waals surface area contributed by atoms with E-state index < -0.39 is 0 Å². The minimum absolute atomic E-state index is 0.246. The first kappa shape index (κ1) is 19.4. The van der Waals surface area contributed by atoms with E-state index in [9.17, 15) is 4.79 Å². The zero-order valence-electron chi connectivity index (χ0n) is 16.5. The number of hydrogen-bond acceptors (Lipinski definition) is 6. The van der Waals surface area contributed by atoms with Crippen LogP contribution in [0, 0.1) is 0 Å². The Labute approximate surface area is 173 Å². The second kappa shape index (κ2) is 8.59. The van der Waals surface area contributed by atoms with Crippen LogP contribution in [0.4, 0.5) is 5.69 Å². The van der Waals surface area contributed by atoms with Crippen molar-refractivity contribution in [1.82, 2.24) is 19.7 Å². The molecule has 150 valence electrons. The predicted molar refractivity (Wildman–Crippen MR) is 115 cm³/mol. The topological polar surface area (TPSA) is 76.2 Å². The van der Waals surface area contributed by atoms with Crippen LogP contribution >= 0.6 is 11.3 Å². The number of carbonyl (C=O) groups is 1. The van der Waals surface area contributed by atoms with E-state index in [1.165, 1.54) is 0 Å². The highest BCUT2D eigenvalue weighted by Gasteiger charge is 2.16. The second-order valence-corrected chi connectivity index (χ2v) is 7.65. The van der Waals surface area contributed by atoms with Crippen LogP contribution in [0.15, 0.2) is 53.2 Å². The van der Waals surface area contributed by atoms with Gasteiger partial charge in [0.25, 0.3) is 5.91 Å². The van der Waals surface area contributed by atoms with Crippen molar-refractivity contribution in [2.75, 3.05) is 25.0 Å². The van der Waals surface area contributed by atoms with Crippen molar-refractivity contribution in [3.05, 3.63) is 54.6 Å². The molecular formula is C21H23N5O2S. The van der Waals surface area contributed by atoms with Crippen molar-refractivity contribution >= 4 is 33.1 Å². The Morgan fingerprint density at radius 2 is 2.03 bits per heavy atom. The van der Waals surface area contributed by atoms with Gasteiger partial charge in [0.2, 0.25) is 0 Å². The summed E-state index contributed by atoms with van der Waals surface area (Å²) < 4.78 is 8.67. The van der Waals surface area contributed by atoms with E-state index >= 15 is 0 Å². The van der Waals surface area contributed by atoms with Gasteiger partial charge in [0.05, 0.1) is 28.6 Å². The molecule has 8 heteroatoms. The van der Waals surface area contributed by atoms with Crippen molar-refractivity contribution in [3.8, 4) is 10.8 Å². The summed E-state index contributed by atoms with van der Waals surface area (Å²) in [6.45, 7) is 8.01. The number of amides is 1. The fourth-order valence-corrected chi connectivity index (χ4v) is 4.01. The average molecular weight is 410 g/mol. The molecular weight excluding hydrogens is 386 g/mol. The molecule has 0 unspecified atom stereocenters. The number of nitrogens with zero attached hydrogens (tertiary/aromatic N) is 4. The van der Waals surface area contributed by atoms with Crippen LogP contribution in [-0.2, 0) is 6.54 Å². The monoisotopic (exact) mass is 409 g/mol. The highest BCUT2D eigenvalue weighted by molar-refractivity contribution is 7.21. The molecule has 4 aromatic rings. The largest absolute Gasteiger partial charge is 0.448 e. The molecule has 7 nitrogen and oxygen atoms in total. The summed E-state index contributed by atoms with van der Waals surface area (Å²) in [6.07, 6.45) is 3.48. The van der Waals surface area contributed by atoms with Gasteiger partial charge in [-0.3, -0.25) is 9.48 Å². The lowest BCUT2D eigenvalue weighted by molar-refractivity contribution is 0.0997. The number of aromatic nitrogens is 3. The van der Waals surface area contributed by atoms with Gasteiger partial charge in [-0.2, -0.15) is 5.10 Å². The SMILES string of the molecule is CCN(CC)CCn1cc(NC(=O)c2ccc(-c3nc4ccccc4s3)o2)cn1. The summed E-state index contributed by atoms with van der Waals surface area (Å²) in [4.78, 5) is 19.4. The molecule has 0 aliphatic heterocycles. The predicted octanol–water partition coefficient (Wildman–Crippen LogP) is 4.35. The Kier molecular flexibility index (Phi) is 5.73. The normalized spacial score (nSPS) is 11.4. The van der Waals surface area contributed by atoms with Crippen molar-refractivity contribution in [2.45, 2.75) is 20.4 Å². The van der Waals surface area contributed by atoms with Crippen LogP contribution in [0.3, 0.4) is 0 Å². The summed E-state index contributed by atoms with van der Waals surface area (Å²) >= 11 is 1.54. The summed E-state index contributed by atoms with van der Waals surface area (Å²) in [5.74, 6) is 0.530. The van der Waals surface area contributed by atoms with E-state index in [1.807, 2.05) is 35.1 Å². The summed E-state index contributed by atoms with van der Waals surface area (Å²) in [5, 5.41) is 7.91. The minimum Gasteiger partial charge on any atom is -0.448 e. The van der Waals surface area contributed by atoms with Gasteiger partial charge >= 0.3 is 0 Å². The number of para-hydroxylation sites is 1. The average Bonchev–Trinajstić information content (AvgIpc) is 3.47. The van der Waals surface area contributed by atoms with Gasteiger partial charge in [0.15, 0.2) is 16.5 Å². The lowest BCUT2D eigenvalue weighted by Crippen LogP contribution is -2.27. The van der Waals surface area contributed by atoms with Crippen LogP contribution in [0.1, 0.15) is 24.4 Å². The molecule has 3 aromatic heterocycles. The molecule has 1 aromatic carbocycles. The molecule has 0 saturated heterocycles. The summed E-state index contributed by atoms with van der Waals surface area (Å²) in [6, 6.07) is 11.4. The minimum atomic E-state index is -0.305. The second-order valence-electron chi connectivity index (χ2n) is 6.62. The highest BCUT2D eigenvalue weighted by Crippen LogP contribution is 2.31. The number of benzene rings is 1. The van der Waals surface area contributed by atoms with E-state index in [0.717, 1.165) is 41.4 Å². The van der Waals surface area contributed by atoms with E-state index in [1.54, 1.807) is 29.7 Å². The number of furan rings is 1. The highest BCUT2D eigenvalue weighted by atomic mass is 32.1. The number of nitrogens with one attached hydrogen (secondary N) is 1. The molecule has 0 atom stereocenters. The fraction of sp³-hybridized carbons (Fsp3) is 0.286. The number of fused-ring (bicyclic) bond motifs is 1. The molecule has 0 radical (unpaired) electrons. The Bertz CT molecular complexity index is 1080. The molecule has 1 amide bonds. The number of carbonyl (C=O) groups excluding carboxylic acids is 1. The molecule has 1 N–H and O–H groups in total.